The first-order valence-electron chi connectivity index (χ1n) is 6.79. The maximum absolute atomic E-state index is 11.3. The van der Waals surface area contributed by atoms with Gasteiger partial charge in [-0.3, -0.25) is 13.9 Å². The number of carbonyl (C=O) groups is 1. The number of carboxylic acid groups (broad SMARTS) is 1. The molecular weight excluding hydrogens is 362 g/mol. The molecule has 0 amide bonds. The summed E-state index contributed by atoms with van der Waals surface area (Å²) in [6, 6.07) is 7.51. The summed E-state index contributed by atoms with van der Waals surface area (Å²) in [5.41, 5.74) is 5.96. The summed E-state index contributed by atoms with van der Waals surface area (Å²) >= 11 is 0. The molecule has 0 spiro atoms. The monoisotopic (exact) mass is 382 g/mol. The standard InChI is InChI=1S/C12H20N2O8P2/c13-12(23(17,18)19,24(20,21)22)6-7-14-10(11(15)16)8-9-4-2-1-3-5-9/h1-5,10,14H,6-8,13H2,(H,15,16)(H2,17,18,19)(H2,20,21,22)/t10-/m1/s1. The van der Waals surface area contributed by atoms with Crippen LogP contribution in [0.25, 0.3) is 0 Å². The molecule has 1 rings (SSSR count). The lowest BCUT2D eigenvalue weighted by atomic mass is 10.1. The minimum Gasteiger partial charge on any atom is -0.480 e. The molecule has 1 aromatic rings. The van der Waals surface area contributed by atoms with Crippen molar-refractivity contribution < 1.29 is 38.6 Å². The molecule has 12 heteroatoms. The summed E-state index contributed by atoms with van der Waals surface area (Å²) in [7, 11) is -10.7. The van der Waals surface area contributed by atoms with Crippen LogP contribution in [0.1, 0.15) is 12.0 Å². The number of hydrogen-bond donors (Lipinski definition) is 7. The predicted octanol–water partition coefficient (Wildman–Crippen LogP) is -0.370. The van der Waals surface area contributed by atoms with E-state index in [0.29, 0.717) is 5.56 Å². The molecule has 8 N–H and O–H groups in total. The van der Waals surface area contributed by atoms with E-state index in [1.54, 1.807) is 30.3 Å². The molecular formula is C12H20N2O8P2. The van der Waals surface area contributed by atoms with Crippen molar-refractivity contribution in [1.82, 2.24) is 5.32 Å². The molecule has 0 bridgehead atoms. The molecule has 0 aliphatic heterocycles. The molecule has 0 aromatic heterocycles. The zero-order valence-electron chi connectivity index (χ0n) is 12.5. The average Bonchev–Trinajstić information content (AvgIpc) is 2.44. The van der Waals surface area contributed by atoms with E-state index >= 15 is 0 Å². The minimum atomic E-state index is -5.33. The van der Waals surface area contributed by atoms with Gasteiger partial charge < -0.3 is 35.7 Å². The maximum Gasteiger partial charge on any atom is 0.357 e. The Bertz CT molecular complexity index is 634. The molecule has 136 valence electrons. The third kappa shape index (κ3) is 5.20. The first kappa shape index (κ1) is 21.0. The van der Waals surface area contributed by atoms with Crippen LogP contribution in [0.15, 0.2) is 30.3 Å². The Morgan fingerprint density at radius 3 is 2.04 bits per heavy atom. The SMILES string of the molecule is NC(CCN[C@H](Cc1ccccc1)C(=O)O)(P(=O)(O)O)P(=O)(O)O. The van der Waals surface area contributed by atoms with Crippen molar-refractivity contribution >= 4 is 21.2 Å². The van der Waals surface area contributed by atoms with Crippen LogP contribution in [0.3, 0.4) is 0 Å². The smallest absolute Gasteiger partial charge is 0.357 e. The van der Waals surface area contributed by atoms with E-state index in [9.17, 15) is 19.0 Å². The fraction of sp³-hybridized carbons (Fsp3) is 0.417. The summed E-state index contributed by atoms with van der Waals surface area (Å²) < 4.78 is 22.7. The molecule has 10 nitrogen and oxygen atoms in total. The van der Waals surface area contributed by atoms with Crippen molar-refractivity contribution in [2.24, 2.45) is 5.73 Å². The third-order valence-corrected chi connectivity index (χ3v) is 7.50. The number of nitrogens with one attached hydrogen (secondary N) is 1. The number of nitrogens with two attached hydrogens (primary N) is 1. The fourth-order valence-electron chi connectivity index (χ4n) is 1.99. The molecule has 0 saturated heterocycles. The predicted molar refractivity (Wildman–Crippen MR) is 85.2 cm³/mol. The van der Waals surface area contributed by atoms with Gasteiger partial charge in [0.05, 0.1) is 0 Å². The van der Waals surface area contributed by atoms with E-state index in [-0.39, 0.29) is 6.42 Å². The topological polar surface area (TPSA) is 190 Å². The molecule has 0 fully saturated rings. The molecule has 0 heterocycles. The van der Waals surface area contributed by atoms with E-state index < -0.39 is 45.2 Å². The Hall–Kier alpha value is -1.09. The van der Waals surface area contributed by atoms with Gasteiger partial charge in [0.15, 0.2) is 0 Å². The van der Waals surface area contributed by atoms with Crippen molar-refractivity contribution in [3.63, 3.8) is 0 Å². The zero-order chi connectivity index (χ0) is 18.6. The summed E-state index contributed by atoms with van der Waals surface area (Å²) in [5.74, 6) is -1.21. The molecule has 0 aliphatic carbocycles. The van der Waals surface area contributed by atoms with Crippen LogP contribution in [0, 0.1) is 0 Å². The Kier molecular flexibility index (Phi) is 6.86. The second-order valence-corrected chi connectivity index (χ2v) is 9.38. The van der Waals surface area contributed by atoms with Crippen molar-refractivity contribution in [3.05, 3.63) is 35.9 Å². The van der Waals surface area contributed by atoms with Gasteiger partial charge >= 0.3 is 21.2 Å². The summed E-state index contributed by atoms with van der Waals surface area (Å²) in [6.07, 6.45) is -0.723. The highest BCUT2D eigenvalue weighted by Gasteiger charge is 2.56. The lowest BCUT2D eigenvalue weighted by Gasteiger charge is -2.31. The Balaban J connectivity index is 2.79. The largest absolute Gasteiger partial charge is 0.480 e. The highest BCUT2D eigenvalue weighted by molar-refractivity contribution is 7.72. The van der Waals surface area contributed by atoms with Gasteiger partial charge in [-0.05, 0) is 18.5 Å². The number of hydrogen-bond acceptors (Lipinski definition) is 5. The number of benzene rings is 1. The molecule has 1 aromatic carbocycles. The normalized spacial score (nSPS) is 14.4. The number of rotatable bonds is 9. The van der Waals surface area contributed by atoms with Gasteiger partial charge in [0.1, 0.15) is 6.04 Å². The number of carboxylic acids is 1. The second-order valence-electron chi connectivity index (χ2n) is 5.25. The van der Waals surface area contributed by atoms with E-state index in [0.717, 1.165) is 0 Å². The molecule has 0 aliphatic rings. The molecule has 1 atom stereocenters. The first-order chi connectivity index (χ1) is 10.9. The van der Waals surface area contributed by atoms with Gasteiger partial charge in [0.25, 0.3) is 0 Å². The van der Waals surface area contributed by atoms with Crippen LogP contribution < -0.4 is 11.1 Å². The lowest BCUT2D eigenvalue weighted by molar-refractivity contribution is -0.139. The summed E-state index contributed by atoms with van der Waals surface area (Å²) in [5, 5.41) is 8.62. The van der Waals surface area contributed by atoms with E-state index in [2.05, 4.69) is 5.32 Å². The second kappa shape index (κ2) is 7.86. The van der Waals surface area contributed by atoms with Crippen LogP contribution in [0.2, 0.25) is 0 Å². The van der Waals surface area contributed by atoms with Crippen LogP contribution in [-0.2, 0) is 20.3 Å². The van der Waals surface area contributed by atoms with Crippen LogP contribution in [-0.4, -0.2) is 48.3 Å². The van der Waals surface area contributed by atoms with Gasteiger partial charge in [0, 0.05) is 6.42 Å². The van der Waals surface area contributed by atoms with E-state index in [1.165, 1.54) is 0 Å². The average molecular weight is 382 g/mol. The van der Waals surface area contributed by atoms with Gasteiger partial charge in [0.2, 0.25) is 5.02 Å². The Morgan fingerprint density at radius 2 is 1.62 bits per heavy atom. The molecule has 0 unspecified atom stereocenters. The Labute approximate surface area is 138 Å². The van der Waals surface area contributed by atoms with E-state index in [1.807, 2.05) is 0 Å². The summed E-state index contributed by atoms with van der Waals surface area (Å²) in [4.78, 5) is 47.8. The minimum absolute atomic E-state index is 0.0829. The molecule has 0 saturated carbocycles. The van der Waals surface area contributed by atoms with Crippen molar-refractivity contribution in [2.45, 2.75) is 23.9 Å². The first-order valence-corrected chi connectivity index (χ1v) is 10.0. The van der Waals surface area contributed by atoms with E-state index in [4.69, 9.17) is 25.3 Å². The fourth-order valence-corrected chi connectivity index (χ4v) is 4.15. The zero-order valence-corrected chi connectivity index (χ0v) is 14.3. The van der Waals surface area contributed by atoms with Crippen LogP contribution in [0.4, 0.5) is 0 Å². The van der Waals surface area contributed by atoms with Gasteiger partial charge in [-0.15, -0.1) is 0 Å². The highest BCUT2D eigenvalue weighted by Crippen LogP contribution is 2.67. The molecule has 24 heavy (non-hydrogen) atoms. The van der Waals surface area contributed by atoms with Crippen molar-refractivity contribution in [2.75, 3.05) is 6.54 Å². The van der Waals surface area contributed by atoms with Crippen molar-refractivity contribution in [3.8, 4) is 0 Å². The van der Waals surface area contributed by atoms with Crippen LogP contribution >= 0.6 is 15.2 Å². The third-order valence-electron chi connectivity index (χ3n) is 3.47. The van der Waals surface area contributed by atoms with Gasteiger partial charge in [-0.1, -0.05) is 30.3 Å². The Morgan fingerprint density at radius 1 is 1.12 bits per heavy atom. The highest BCUT2D eigenvalue weighted by atomic mass is 31.2. The molecule has 0 radical (unpaired) electrons. The lowest BCUT2D eigenvalue weighted by Crippen LogP contribution is -2.45. The van der Waals surface area contributed by atoms with Crippen LogP contribution in [0.5, 0.6) is 0 Å². The number of aliphatic carboxylic acids is 1. The van der Waals surface area contributed by atoms with Crippen molar-refractivity contribution in [1.29, 1.82) is 0 Å². The van der Waals surface area contributed by atoms with Gasteiger partial charge in [-0.2, -0.15) is 0 Å². The van der Waals surface area contributed by atoms with Gasteiger partial charge in [-0.25, -0.2) is 0 Å². The summed E-state index contributed by atoms with van der Waals surface area (Å²) in [6.45, 7) is -0.406. The quantitative estimate of drug-likeness (QED) is 0.277. The maximum atomic E-state index is 11.3.